The van der Waals surface area contributed by atoms with Crippen LogP contribution in [0.1, 0.15) is 39.4 Å². The molecule has 0 spiro atoms. The Bertz CT molecular complexity index is 745. The molecule has 1 aromatic carbocycles. The number of hydrogen-bond acceptors (Lipinski definition) is 3. The van der Waals surface area contributed by atoms with Gasteiger partial charge in [0, 0.05) is 24.7 Å². The first-order chi connectivity index (χ1) is 11.2. The van der Waals surface area contributed by atoms with E-state index in [-0.39, 0.29) is 0 Å². The quantitative estimate of drug-likeness (QED) is 0.704. The van der Waals surface area contributed by atoms with Gasteiger partial charge in [0.1, 0.15) is 5.82 Å². The molecule has 0 N–H and O–H groups in total. The normalized spacial score (nSPS) is 10.3. The van der Waals surface area contributed by atoms with Crippen molar-refractivity contribution in [1.82, 2.24) is 19.5 Å². The minimum absolute atomic E-state index is 0.304. The minimum Gasteiger partial charge on any atom is -0.332 e. The maximum atomic E-state index is 4.69. The highest BCUT2D eigenvalue weighted by atomic mass is 15.1. The van der Waals surface area contributed by atoms with Crippen molar-refractivity contribution >= 4 is 0 Å². The second kappa shape index (κ2) is 7.68. The van der Waals surface area contributed by atoms with Gasteiger partial charge in [0.15, 0.2) is 0 Å². The lowest BCUT2D eigenvalue weighted by atomic mass is 10.1. The van der Waals surface area contributed by atoms with Crippen LogP contribution < -0.4 is 0 Å². The van der Waals surface area contributed by atoms with Gasteiger partial charge in [-0.15, -0.1) is 0 Å². The molecule has 0 aliphatic carbocycles. The van der Waals surface area contributed by atoms with Crippen LogP contribution in [0.15, 0.2) is 48.9 Å². The first-order valence-corrected chi connectivity index (χ1v) is 8.07. The largest absolute Gasteiger partial charge is 0.332 e. The van der Waals surface area contributed by atoms with Gasteiger partial charge in [-0.2, -0.15) is 0 Å². The summed E-state index contributed by atoms with van der Waals surface area (Å²) in [5.74, 6) is 1.16. The van der Waals surface area contributed by atoms with Crippen molar-refractivity contribution in [2.75, 3.05) is 0 Å². The molecule has 0 saturated carbocycles. The molecule has 23 heavy (non-hydrogen) atoms. The lowest BCUT2D eigenvalue weighted by Crippen LogP contribution is -2.01. The molecule has 3 aromatic rings. The first kappa shape index (κ1) is 16.9. The molecular weight excluding hydrogens is 284 g/mol. The van der Waals surface area contributed by atoms with E-state index >= 15 is 0 Å². The number of aromatic nitrogens is 4. The Morgan fingerprint density at radius 3 is 2.30 bits per heavy atom. The maximum Gasteiger partial charge on any atom is 0.131 e. The van der Waals surface area contributed by atoms with Gasteiger partial charge in [-0.1, -0.05) is 58.0 Å². The van der Waals surface area contributed by atoms with Crippen molar-refractivity contribution in [1.29, 1.82) is 0 Å². The summed E-state index contributed by atoms with van der Waals surface area (Å²) in [4.78, 5) is 13.6. The Morgan fingerprint density at radius 2 is 1.65 bits per heavy atom. The summed E-state index contributed by atoms with van der Waals surface area (Å²) in [5.41, 5.74) is 3.97. The van der Waals surface area contributed by atoms with Crippen LogP contribution in [-0.4, -0.2) is 19.5 Å². The molecule has 4 heteroatoms. The summed E-state index contributed by atoms with van der Waals surface area (Å²) < 4.78 is 2.01. The average molecular weight is 308 g/mol. The summed E-state index contributed by atoms with van der Waals surface area (Å²) in [6, 6.07) is 12.1. The third-order valence-electron chi connectivity index (χ3n) is 3.42. The van der Waals surface area contributed by atoms with Gasteiger partial charge in [0.05, 0.1) is 23.4 Å². The van der Waals surface area contributed by atoms with Gasteiger partial charge in [-0.05, 0) is 6.07 Å². The fraction of sp³-hybridized carbons (Fsp3) is 0.316. The van der Waals surface area contributed by atoms with E-state index in [4.69, 9.17) is 0 Å². The third kappa shape index (κ3) is 3.65. The number of nitrogens with zero attached hydrogens (tertiary/aromatic N) is 4. The Balaban J connectivity index is 0.000000924. The number of aryl methyl sites for hydroxylation is 1. The predicted molar refractivity (Wildman–Crippen MR) is 95.1 cm³/mol. The average Bonchev–Trinajstić information content (AvgIpc) is 2.99. The molecule has 0 unspecified atom stereocenters. The van der Waals surface area contributed by atoms with Crippen molar-refractivity contribution in [3.05, 3.63) is 54.7 Å². The molecule has 2 aromatic heterocycles. The Labute approximate surface area is 138 Å². The molecule has 0 atom stereocenters. The second-order valence-electron chi connectivity index (χ2n) is 5.37. The van der Waals surface area contributed by atoms with Crippen LogP contribution in [0.2, 0.25) is 0 Å². The monoisotopic (exact) mass is 308 g/mol. The molecule has 4 nitrogen and oxygen atoms in total. The third-order valence-corrected chi connectivity index (χ3v) is 3.42. The summed E-state index contributed by atoms with van der Waals surface area (Å²) in [6.07, 6.45) is 3.65. The van der Waals surface area contributed by atoms with Crippen LogP contribution in [0.25, 0.3) is 22.6 Å². The van der Waals surface area contributed by atoms with Crippen molar-refractivity contribution in [2.24, 2.45) is 7.05 Å². The lowest BCUT2D eigenvalue weighted by molar-refractivity contribution is 0.773. The highest BCUT2D eigenvalue weighted by Crippen LogP contribution is 2.29. The molecule has 0 bridgehead atoms. The van der Waals surface area contributed by atoms with Gasteiger partial charge in [0.25, 0.3) is 0 Å². The van der Waals surface area contributed by atoms with E-state index in [9.17, 15) is 0 Å². The van der Waals surface area contributed by atoms with E-state index < -0.39 is 0 Å². The summed E-state index contributed by atoms with van der Waals surface area (Å²) in [5, 5.41) is 0. The van der Waals surface area contributed by atoms with E-state index in [2.05, 4.69) is 40.9 Å². The number of benzene rings is 1. The van der Waals surface area contributed by atoms with Crippen LogP contribution in [-0.2, 0) is 7.05 Å². The zero-order valence-corrected chi connectivity index (χ0v) is 14.5. The van der Waals surface area contributed by atoms with Crippen LogP contribution >= 0.6 is 0 Å². The van der Waals surface area contributed by atoms with Crippen molar-refractivity contribution in [3.63, 3.8) is 0 Å². The number of imidazole rings is 1. The summed E-state index contributed by atoms with van der Waals surface area (Å²) in [6.45, 7) is 8.20. The minimum atomic E-state index is 0.304. The van der Waals surface area contributed by atoms with Gasteiger partial charge in [-0.25, -0.2) is 15.0 Å². The van der Waals surface area contributed by atoms with Crippen molar-refractivity contribution < 1.29 is 0 Å². The van der Waals surface area contributed by atoms with E-state index in [0.29, 0.717) is 5.92 Å². The van der Waals surface area contributed by atoms with E-state index in [1.807, 2.05) is 62.3 Å². The molecule has 0 aliphatic rings. The fourth-order valence-electron chi connectivity index (χ4n) is 2.32. The standard InChI is InChI=1S/C17H18N4.C2H6/c1-12(2)17-18-10-9-14(20-17)16-15(19-11-21(16)3)13-7-5-4-6-8-13;1-2/h4-12H,1-3H3;1-2H3. The molecule has 2 heterocycles. The number of hydrogen-bond donors (Lipinski definition) is 0. The highest BCUT2D eigenvalue weighted by Gasteiger charge is 2.15. The van der Waals surface area contributed by atoms with Crippen LogP contribution in [0.4, 0.5) is 0 Å². The molecule has 0 saturated heterocycles. The topological polar surface area (TPSA) is 43.6 Å². The van der Waals surface area contributed by atoms with Crippen molar-refractivity contribution in [3.8, 4) is 22.6 Å². The Hall–Kier alpha value is -2.49. The highest BCUT2D eigenvalue weighted by molar-refractivity contribution is 5.76. The zero-order chi connectivity index (χ0) is 16.8. The predicted octanol–water partition coefficient (Wildman–Crippen LogP) is 4.69. The number of rotatable bonds is 3. The van der Waals surface area contributed by atoms with E-state index in [1.54, 1.807) is 0 Å². The van der Waals surface area contributed by atoms with Crippen LogP contribution in [0.5, 0.6) is 0 Å². The Kier molecular flexibility index (Phi) is 5.63. The SMILES string of the molecule is CC.CC(C)c1nccc(-c2c(-c3ccccc3)ncn2C)n1. The maximum absolute atomic E-state index is 4.69. The molecular formula is C19H24N4. The zero-order valence-electron chi connectivity index (χ0n) is 14.5. The van der Waals surface area contributed by atoms with Gasteiger partial charge >= 0.3 is 0 Å². The van der Waals surface area contributed by atoms with Crippen molar-refractivity contribution in [2.45, 2.75) is 33.6 Å². The lowest BCUT2D eigenvalue weighted by Gasteiger charge is -2.09. The van der Waals surface area contributed by atoms with E-state index in [1.165, 1.54) is 0 Å². The molecule has 0 aliphatic heterocycles. The van der Waals surface area contributed by atoms with Gasteiger partial charge < -0.3 is 4.57 Å². The fourth-order valence-corrected chi connectivity index (χ4v) is 2.32. The van der Waals surface area contributed by atoms with Crippen LogP contribution in [0.3, 0.4) is 0 Å². The first-order valence-electron chi connectivity index (χ1n) is 8.07. The molecule has 0 fully saturated rings. The molecule has 120 valence electrons. The summed E-state index contributed by atoms with van der Waals surface area (Å²) >= 11 is 0. The van der Waals surface area contributed by atoms with Gasteiger partial charge in [0.2, 0.25) is 0 Å². The van der Waals surface area contributed by atoms with Gasteiger partial charge in [-0.3, -0.25) is 0 Å². The second-order valence-corrected chi connectivity index (χ2v) is 5.37. The molecule has 0 radical (unpaired) electrons. The van der Waals surface area contributed by atoms with Crippen LogP contribution in [0, 0.1) is 0 Å². The smallest absolute Gasteiger partial charge is 0.131 e. The van der Waals surface area contributed by atoms with E-state index in [0.717, 1.165) is 28.5 Å². The molecule has 0 amide bonds. The summed E-state index contributed by atoms with van der Waals surface area (Å²) in [7, 11) is 1.99. The molecule has 3 rings (SSSR count). The Morgan fingerprint density at radius 1 is 0.957 bits per heavy atom.